The number of aldehydes is 1. The van der Waals surface area contributed by atoms with Gasteiger partial charge in [-0.05, 0) is 24.6 Å². The lowest BCUT2D eigenvalue weighted by Gasteiger charge is -2.43. The highest BCUT2D eigenvalue weighted by molar-refractivity contribution is 9.09. The molecule has 0 saturated carbocycles. The van der Waals surface area contributed by atoms with Crippen LogP contribution in [0.3, 0.4) is 0 Å². The summed E-state index contributed by atoms with van der Waals surface area (Å²) in [6.07, 6.45) is 0.792. The maximum absolute atomic E-state index is 11.8. The van der Waals surface area contributed by atoms with Crippen molar-refractivity contribution in [2.24, 2.45) is 0 Å². The molecule has 0 amide bonds. The van der Waals surface area contributed by atoms with Crippen LogP contribution in [0.15, 0.2) is 0 Å². The zero-order chi connectivity index (χ0) is 20.4. The Bertz CT molecular complexity index is 535. The normalized spacial score (nSPS) is 33.3. The topological polar surface area (TPSA) is 71.1 Å². The SMILES string of the molecule is CC[C@@H](Br)[C@@H]1C[C@H]2OC(=O)O[C@H]2C[C@H](O[Si](C)(C)C(C)(C)C)[C@H](CC=O)O1. The smallest absolute Gasteiger partial charge is 0.427 e. The largest absolute Gasteiger partial charge is 0.509 e. The van der Waals surface area contributed by atoms with Gasteiger partial charge in [0.15, 0.2) is 8.32 Å². The molecule has 2 saturated heterocycles. The third-order valence-electron chi connectivity index (χ3n) is 5.98. The first-order valence-corrected chi connectivity index (χ1v) is 13.6. The van der Waals surface area contributed by atoms with E-state index in [0.717, 1.165) is 12.7 Å². The Morgan fingerprint density at radius 3 is 2.37 bits per heavy atom. The van der Waals surface area contributed by atoms with Crippen LogP contribution in [-0.4, -0.2) is 56.1 Å². The van der Waals surface area contributed by atoms with Gasteiger partial charge < -0.3 is 23.4 Å². The van der Waals surface area contributed by atoms with Gasteiger partial charge in [0.2, 0.25) is 0 Å². The third-order valence-corrected chi connectivity index (χ3v) is 11.7. The van der Waals surface area contributed by atoms with Gasteiger partial charge in [-0.15, -0.1) is 0 Å². The molecule has 0 spiro atoms. The first kappa shape index (κ1) is 22.8. The highest BCUT2D eigenvalue weighted by Gasteiger charge is 2.48. The van der Waals surface area contributed by atoms with Gasteiger partial charge in [-0.3, -0.25) is 0 Å². The molecule has 0 aromatic rings. The van der Waals surface area contributed by atoms with E-state index >= 15 is 0 Å². The van der Waals surface area contributed by atoms with E-state index < -0.39 is 14.5 Å². The number of hydrogen-bond donors (Lipinski definition) is 0. The van der Waals surface area contributed by atoms with E-state index in [0.29, 0.717) is 12.8 Å². The van der Waals surface area contributed by atoms with Crippen LogP contribution < -0.4 is 0 Å². The molecule has 0 unspecified atom stereocenters. The molecule has 0 radical (unpaired) electrons. The van der Waals surface area contributed by atoms with Crippen molar-refractivity contribution in [2.75, 3.05) is 0 Å². The molecule has 156 valence electrons. The maximum Gasteiger partial charge on any atom is 0.509 e. The van der Waals surface area contributed by atoms with E-state index in [4.69, 9.17) is 18.6 Å². The fourth-order valence-electron chi connectivity index (χ4n) is 3.28. The lowest BCUT2D eigenvalue weighted by molar-refractivity contribution is -0.127. The van der Waals surface area contributed by atoms with E-state index in [1.807, 2.05) is 0 Å². The van der Waals surface area contributed by atoms with Gasteiger partial charge in [-0.25, -0.2) is 4.79 Å². The fourth-order valence-corrected chi connectivity index (χ4v) is 4.98. The Kier molecular flexibility index (Phi) is 7.55. The molecule has 2 fully saturated rings. The predicted octanol–water partition coefficient (Wildman–Crippen LogP) is 4.59. The summed E-state index contributed by atoms with van der Waals surface area (Å²) >= 11 is 3.68. The molecule has 0 N–H and O–H groups in total. The lowest BCUT2D eigenvalue weighted by atomic mass is 9.94. The average Bonchev–Trinajstić information content (AvgIpc) is 2.88. The highest BCUT2D eigenvalue weighted by Crippen LogP contribution is 2.40. The van der Waals surface area contributed by atoms with Crippen molar-refractivity contribution >= 4 is 36.7 Å². The van der Waals surface area contributed by atoms with Crippen LogP contribution in [0.1, 0.15) is 53.4 Å². The Labute approximate surface area is 171 Å². The molecule has 27 heavy (non-hydrogen) atoms. The molecular weight excluding hydrogens is 432 g/mol. The molecule has 2 heterocycles. The monoisotopic (exact) mass is 464 g/mol. The number of rotatable bonds is 6. The van der Waals surface area contributed by atoms with E-state index in [1.54, 1.807) is 0 Å². The molecule has 0 bridgehead atoms. The number of carbonyl (C=O) groups is 2. The number of halogens is 1. The van der Waals surface area contributed by atoms with Crippen LogP contribution in [0.2, 0.25) is 18.1 Å². The van der Waals surface area contributed by atoms with Gasteiger partial charge >= 0.3 is 6.16 Å². The third kappa shape index (κ3) is 5.55. The Hall–Kier alpha value is -0.443. The number of carbonyl (C=O) groups excluding carboxylic acids is 2. The van der Waals surface area contributed by atoms with Gasteiger partial charge in [0.1, 0.15) is 18.5 Å². The average molecular weight is 465 g/mol. The minimum Gasteiger partial charge on any atom is -0.427 e. The van der Waals surface area contributed by atoms with Crippen LogP contribution in [-0.2, 0) is 23.4 Å². The maximum atomic E-state index is 11.8. The summed E-state index contributed by atoms with van der Waals surface area (Å²) < 4.78 is 23.8. The second-order valence-electron chi connectivity index (χ2n) is 8.99. The second kappa shape index (κ2) is 8.92. The van der Waals surface area contributed by atoms with Crippen molar-refractivity contribution in [3.8, 4) is 0 Å². The van der Waals surface area contributed by atoms with Crippen LogP contribution in [0.4, 0.5) is 4.79 Å². The molecule has 2 aliphatic heterocycles. The van der Waals surface area contributed by atoms with E-state index in [9.17, 15) is 9.59 Å². The van der Waals surface area contributed by atoms with Crippen molar-refractivity contribution in [3.63, 3.8) is 0 Å². The molecule has 0 aromatic carbocycles. The van der Waals surface area contributed by atoms with Crippen LogP contribution in [0.25, 0.3) is 0 Å². The molecular formula is C19H33BrO6Si. The van der Waals surface area contributed by atoms with Crippen molar-refractivity contribution in [2.45, 2.75) is 107 Å². The van der Waals surface area contributed by atoms with Crippen LogP contribution >= 0.6 is 15.9 Å². The van der Waals surface area contributed by atoms with Crippen LogP contribution in [0, 0.1) is 0 Å². The molecule has 0 aromatic heterocycles. The van der Waals surface area contributed by atoms with Gasteiger partial charge in [0, 0.05) is 24.1 Å². The molecule has 6 atom stereocenters. The summed E-state index contributed by atoms with van der Waals surface area (Å²) in [6, 6.07) is 0. The van der Waals surface area contributed by atoms with Gasteiger partial charge in [0.25, 0.3) is 0 Å². The molecule has 2 aliphatic rings. The predicted molar refractivity (Wildman–Crippen MR) is 109 cm³/mol. The lowest BCUT2D eigenvalue weighted by Crippen LogP contribution is -2.52. The van der Waals surface area contributed by atoms with E-state index in [2.05, 4.69) is 56.7 Å². The van der Waals surface area contributed by atoms with Gasteiger partial charge in [-0.2, -0.15) is 0 Å². The Morgan fingerprint density at radius 2 is 1.85 bits per heavy atom. The van der Waals surface area contributed by atoms with E-state index in [1.165, 1.54) is 0 Å². The van der Waals surface area contributed by atoms with Crippen molar-refractivity contribution in [3.05, 3.63) is 0 Å². The summed E-state index contributed by atoms with van der Waals surface area (Å²) in [4.78, 5) is 23.2. The van der Waals surface area contributed by atoms with Crippen molar-refractivity contribution in [1.82, 2.24) is 0 Å². The van der Waals surface area contributed by atoms with Gasteiger partial charge in [0.05, 0.1) is 18.3 Å². The van der Waals surface area contributed by atoms with Crippen molar-refractivity contribution < 1.29 is 28.2 Å². The van der Waals surface area contributed by atoms with E-state index in [-0.39, 0.29) is 46.8 Å². The molecule has 6 nitrogen and oxygen atoms in total. The zero-order valence-electron chi connectivity index (χ0n) is 17.2. The number of ether oxygens (including phenoxy) is 3. The number of alkyl halides is 1. The Morgan fingerprint density at radius 1 is 1.26 bits per heavy atom. The summed E-state index contributed by atoms with van der Waals surface area (Å²) in [5.74, 6) is 0. The minimum absolute atomic E-state index is 0.0180. The highest BCUT2D eigenvalue weighted by atomic mass is 79.9. The molecule has 8 heteroatoms. The van der Waals surface area contributed by atoms with Crippen molar-refractivity contribution in [1.29, 1.82) is 0 Å². The Balaban J connectivity index is 2.32. The zero-order valence-corrected chi connectivity index (χ0v) is 19.8. The summed E-state index contributed by atoms with van der Waals surface area (Å²) in [5, 5.41) is 0.0180. The first-order chi connectivity index (χ1) is 12.5. The minimum atomic E-state index is -2.11. The number of fused-ring (bicyclic) bond motifs is 1. The van der Waals surface area contributed by atoms with Gasteiger partial charge in [-0.1, -0.05) is 43.6 Å². The summed E-state index contributed by atoms with van der Waals surface area (Å²) in [7, 11) is -2.11. The molecule has 0 aliphatic carbocycles. The molecule has 2 rings (SSSR count). The summed E-state index contributed by atoms with van der Waals surface area (Å²) in [5.41, 5.74) is 0. The standard InChI is InChI=1S/C19H33BrO6Si/c1-7-12(20)14-10-15-16(25-18(22)24-15)11-17(13(23-14)8-9-21)26-27(5,6)19(2,3)4/h9,12-17H,7-8,10-11H2,1-6H3/t12-,13+,14+,15-,16+,17+/m1/s1. The van der Waals surface area contributed by atoms with Crippen LogP contribution in [0.5, 0.6) is 0 Å². The summed E-state index contributed by atoms with van der Waals surface area (Å²) in [6.45, 7) is 12.9. The fraction of sp³-hybridized carbons (Fsp3) is 0.895. The quantitative estimate of drug-likeness (QED) is 0.247. The second-order valence-corrected chi connectivity index (χ2v) is 14.9. The first-order valence-electron chi connectivity index (χ1n) is 9.76. The number of hydrogen-bond acceptors (Lipinski definition) is 6.